The minimum atomic E-state index is -0.0486. The Kier molecular flexibility index (Phi) is 5.46. The Bertz CT molecular complexity index is 530. The lowest BCUT2D eigenvalue weighted by Crippen LogP contribution is -2.53. The number of allylic oxidation sites excluding steroid dienone is 2. The Hall–Kier alpha value is -0.670. The van der Waals surface area contributed by atoms with Crippen molar-refractivity contribution < 1.29 is 10.2 Å². The van der Waals surface area contributed by atoms with Crippen LogP contribution in [0.5, 0.6) is 0 Å². The van der Waals surface area contributed by atoms with Crippen molar-refractivity contribution in [3.63, 3.8) is 0 Å². The molecule has 0 heterocycles. The zero-order valence-electron chi connectivity index (χ0n) is 16.3. The van der Waals surface area contributed by atoms with Crippen LogP contribution in [-0.2, 0) is 0 Å². The van der Waals surface area contributed by atoms with Crippen molar-refractivity contribution in [2.45, 2.75) is 77.7 Å². The maximum Gasteiger partial charge on any atom is 0.0596 e. The second kappa shape index (κ2) is 7.15. The molecule has 5 unspecified atom stereocenters. The summed E-state index contributed by atoms with van der Waals surface area (Å²) in [6, 6.07) is 0. The molecule has 0 aromatic carbocycles. The van der Waals surface area contributed by atoms with Crippen molar-refractivity contribution in [3.05, 3.63) is 11.6 Å². The van der Waals surface area contributed by atoms with Gasteiger partial charge in [0.1, 0.15) is 0 Å². The van der Waals surface area contributed by atoms with Crippen LogP contribution in [0.1, 0.15) is 71.6 Å². The van der Waals surface area contributed by atoms with Gasteiger partial charge in [-0.2, -0.15) is 0 Å². The van der Waals surface area contributed by atoms with Crippen LogP contribution in [0.25, 0.3) is 0 Å². The zero-order valence-corrected chi connectivity index (χ0v) is 16.3. The van der Waals surface area contributed by atoms with Crippen molar-refractivity contribution in [2.24, 2.45) is 34.5 Å². The van der Waals surface area contributed by atoms with Crippen molar-refractivity contribution in [3.8, 4) is 0 Å². The monoisotopic (exact) mass is 347 g/mol. The molecule has 7 atom stereocenters. The molecule has 4 saturated carbocycles. The van der Waals surface area contributed by atoms with Gasteiger partial charge in [-0.1, -0.05) is 19.4 Å². The van der Waals surface area contributed by atoms with Gasteiger partial charge in [0.15, 0.2) is 0 Å². The van der Waals surface area contributed by atoms with E-state index in [2.05, 4.69) is 19.9 Å². The smallest absolute Gasteiger partial charge is 0.0596 e. The van der Waals surface area contributed by atoms with Crippen molar-refractivity contribution in [1.29, 1.82) is 5.41 Å². The van der Waals surface area contributed by atoms with Gasteiger partial charge in [0.2, 0.25) is 0 Å². The molecular formula is C22H37NO2. The molecule has 0 bridgehead atoms. The van der Waals surface area contributed by atoms with E-state index in [0.29, 0.717) is 5.41 Å². The molecule has 0 aliphatic heterocycles. The Morgan fingerprint density at radius 3 is 2.40 bits per heavy atom. The quantitative estimate of drug-likeness (QED) is 0.608. The van der Waals surface area contributed by atoms with Crippen LogP contribution in [0.3, 0.4) is 0 Å². The Labute approximate surface area is 153 Å². The van der Waals surface area contributed by atoms with E-state index in [9.17, 15) is 5.11 Å². The van der Waals surface area contributed by atoms with Crippen LogP contribution < -0.4 is 0 Å². The topological polar surface area (TPSA) is 64.3 Å². The minimum absolute atomic E-state index is 0.0486. The Morgan fingerprint density at radius 1 is 0.960 bits per heavy atom. The van der Waals surface area contributed by atoms with E-state index < -0.39 is 0 Å². The number of hydrogen-bond donors (Lipinski definition) is 3. The number of hydrogen-bond acceptors (Lipinski definition) is 3. The average Bonchev–Trinajstić information content (AvgIpc) is 2.92. The van der Waals surface area contributed by atoms with E-state index in [1.807, 2.05) is 0 Å². The minimum Gasteiger partial charge on any atom is -0.400 e. The normalized spacial score (nSPS) is 50.1. The number of rotatable bonds is 1. The number of fused-ring (bicyclic) bond motifs is 5. The summed E-state index contributed by atoms with van der Waals surface area (Å²) in [4.78, 5) is 0. The third kappa shape index (κ3) is 2.92. The number of nitrogens with one attached hydrogen (secondary N) is 1. The van der Waals surface area contributed by atoms with Crippen molar-refractivity contribution >= 4 is 6.21 Å². The average molecular weight is 348 g/mol. The predicted molar refractivity (Wildman–Crippen MR) is 103 cm³/mol. The van der Waals surface area contributed by atoms with Gasteiger partial charge < -0.3 is 15.6 Å². The SMILES string of the molecule is CC12CC/C(=C\C=N)C[C@@H]1CCC1C2CC[C@]2(C)C(O)CCC12.CO. The molecule has 25 heavy (non-hydrogen) atoms. The highest BCUT2D eigenvalue weighted by molar-refractivity contribution is 5.68. The summed E-state index contributed by atoms with van der Waals surface area (Å²) in [5.41, 5.74) is 2.24. The van der Waals surface area contributed by atoms with E-state index in [1.54, 1.807) is 0 Å². The van der Waals surface area contributed by atoms with Crippen LogP contribution in [-0.4, -0.2) is 29.6 Å². The molecule has 0 radical (unpaired) electrons. The molecule has 0 saturated heterocycles. The van der Waals surface area contributed by atoms with Crippen LogP contribution in [0, 0.1) is 39.9 Å². The lowest BCUT2D eigenvalue weighted by atomic mass is 9.45. The van der Waals surface area contributed by atoms with Gasteiger partial charge in [0, 0.05) is 13.3 Å². The van der Waals surface area contributed by atoms with Crippen LogP contribution >= 0.6 is 0 Å². The first-order chi connectivity index (χ1) is 12.0. The molecule has 4 fully saturated rings. The fraction of sp³-hybridized carbons (Fsp3) is 0.864. The van der Waals surface area contributed by atoms with Crippen LogP contribution in [0.2, 0.25) is 0 Å². The summed E-state index contributed by atoms with van der Waals surface area (Å²) in [5, 5.41) is 24.9. The third-order valence-corrected chi connectivity index (χ3v) is 8.83. The lowest BCUT2D eigenvalue weighted by molar-refractivity contribution is -0.115. The zero-order chi connectivity index (χ0) is 18.2. The summed E-state index contributed by atoms with van der Waals surface area (Å²) in [7, 11) is 1.00. The molecule has 3 nitrogen and oxygen atoms in total. The maximum absolute atomic E-state index is 10.5. The molecule has 0 aromatic rings. The highest BCUT2D eigenvalue weighted by atomic mass is 16.3. The summed E-state index contributed by atoms with van der Waals surface area (Å²) < 4.78 is 0. The van der Waals surface area contributed by atoms with Crippen LogP contribution in [0.15, 0.2) is 11.6 Å². The number of aliphatic hydroxyl groups is 2. The first-order valence-electron chi connectivity index (χ1n) is 10.3. The van der Waals surface area contributed by atoms with Gasteiger partial charge >= 0.3 is 0 Å². The van der Waals surface area contributed by atoms with E-state index in [4.69, 9.17) is 10.5 Å². The second-order valence-electron chi connectivity index (χ2n) is 9.49. The van der Waals surface area contributed by atoms with Gasteiger partial charge in [-0.3, -0.25) is 0 Å². The highest BCUT2D eigenvalue weighted by Crippen LogP contribution is 2.66. The molecular weight excluding hydrogens is 310 g/mol. The van der Waals surface area contributed by atoms with Crippen molar-refractivity contribution in [1.82, 2.24) is 0 Å². The molecule has 0 amide bonds. The van der Waals surface area contributed by atoms with Gasteiger partial charge in [0.25, 0.3) is 0 Å². The van der Waals surface area contributed by atoms with Crippen molar-refractivity contribution in [2.75, 3.05) is 7.11 Å². The molecule has 0 aromatic heterocycles. The molecule has 4 aliphatic carbocycles. The number of aliphatic hydroxyl groups excluding tert-OH is 2. The standard InChI is InChI=1S/C21H33NO.CH4O/c1-20-10-7-14(9-12-22)13-15(20)3-4-16-17-5-6-19(23)21(17,2)11-8-18(16)20;1-2/h9,12,15-19,22-23H,3-8,10-11,13H2,1-2H3;2H,1H3/b14-9+,22-12?;/t15-,16?,17?,18?,19?,20?,21-;/m0./s1. The maximum atomic E-state index is 10.5. The Balaban J connectivity index is 0.000000880. The first kappa shape index (κ1) is 19.1. The summed E-state index contributed by atoms with van der Waals surface area (Å²) in [5.74, 6) is 3.35. The van der Waals surface area contributed by atoms with E-state index in [0.717, 1.165) is 37.2 Å². The van der Waals surface area contributed by atoms with E-state index in [-0.39, 0.29) is 11.5 Å². The summed E-state index contributed by atoms with van der Waals surface area (Å²) >= 11 is 0. The fourth-order valence-corrected chi connectivity index (χ4v) is 7.35. The largest absolute Gasteiger partial charge is 0.400 e. The predicted octanol–water partition coefficient (Wildman–Crippen LogP) is 4.57. The fourth-order valence-electron chi connectivity index (χ4n) is 7.35. The van der Waals surface area contributed by atoms with Gasteiger partial charge in [-0.15, -0.1) is 0 Å². The van der Waals surface area contributed by atoms with Gasteiger partial charge in [0.05, 0.1) is 6.10 Å². The summed E-state index contributed by atoms with van der Waals surface area (Å²) in [6.07, 6.45) is 14.9. The van der Waals surface area contributed by atoms with E-state index in [1.165, 1.54) is 63.2 Å². The lowest BCUT2D eigenvalue weighted by Gasteiger charge is -2.60. The van der Waals surface area contributed by atoms with Gasteiger partial charge in [-0.25, -0.2) is 0 Å². The molecule has 4 aliphatic rings. The summed E-state index contributed by atoms with van der Waals surface area (Å²) in [6.45, 7) is 4.97. The molecule has 3 N–H and O–H groups in total. The van der Waals surface area contributed by atoms with Crippen LogP contribution in [0.4, 0.5) is 0 Å². The highest BCUT2D eigenvalue weighted by Gasteiger charge is 2.59. The third-order valence-electron chi connectivity index (χ3n) is 8.83. The van der Waals surface area contributed by atoms with Gasteiger partial charge in [-0.05, 0) is 98.4 Å². The molecule has 0 spiro atoms. The first-order valence-corrected chi connectivity index (χ1v) is 10.3. The Morgan fingerprint density at radius 2 is 1.68 bits per heavy atom. The van der Waals surface area contributed by atoms with E-state index >= 15 is 0 Å². The second-order valence-corrected chi connectivity index (χ2v) is 9.49. The molecule has 3 heteroatoms. The molecule has 4 rings (SSSR count). The molecule has 142 valence electrons.